The maximum absolute atomic E-state index is 12.6. The molecule has 20 heavy (non-hydrogen) atoms. The summed E-state index contributed by atoms with van der Waals surface area (Å²) in [6.07, 6.45) is 4.18. The first-order chi connectivity index (χ1) is 9.81. The van der Waals surface area contributed by atoms with Crippen LogP contribution < -0.4 is 10.1 Å². The zero-order valence-electron chi connectivity index (χ0n) is 10.9. The maximum Gasteiger partial charge on any atom is 0.347 e. The van der Waals surface area contributed by atoms with E-state index in [9.17, 15) is 4.79 Å². The van der Waals surface area contributed by atoms with Gasteiger partial charge >= 0.3 is 5.56 Å². The monoisotopic (exact) mass is 304 g/mol. The van der Waals surface area contributed by atoms with Gasteiger partial charge in [-0.05, 0) is 6.07 Å². The normalized spacial score (nSPS) is 15.6. The lowest BCUT2D eigenvalue weighted by atomic mass is 10.3. The molecule has 3 heterocycles. The summed E-state index contributed by atoms with van der Waals surface area (Å²) in [6.45, 7) is 0.610. The topological polar surface area (TPSA) is 49.1 Å². The Labute approximate surface area is 125 Å². The van der Waals surface area contributed by atoms with Gasteiger partial charge < -0.3 is 0 Å². The number of pyridine rings is 1. The highest BCUT2D eigenvalue weighted by Crippen LogP contribution is 2.43. The Bertz CT molecular complexity index is 729. The molecule has 1 fully saturated rings. The molecule has 0 spiro atoms. The first-order valence-corrected chi connectivity index (χ1v) is 8.55. The van der Waals surface area contributed by atoms with Crippen molar-refractivity contribution in [1.82, 2.24) is 4.40 Å². The minimum absolute atomic E-state index is 0.0562. The van der Waals surface area contributed by atoms with Crippen LogP contribution in [-0.4, -0.2) is 15.9 Å². The van der Waals surface area contributed by atoms with Crippen molar-refractivity contribution in [2.45, 2.75) is 17.5 Å². The molecule has 102 valence electrons. The molecule has 1 aliphatic heterocycles. The highest BCUT2D eigenvalue weighted by Gasteiger charge is 2.26. The second-order valence-electron chi connectivity index (χ2n) is 4.49. The van der Waals surface area contributed by atoms with Gasteiger partial charge in [-0.15, -0.1) is 23.5 Å². The van der Waals surface area contributed by atoms with Gasteiger partial charge in [-0.1, -0.05) is 6.07 Å². The predicted octanol–water partition coefficient (Wildman–Crippen LogP) is 1.98. The minimum Gasteiger partial charge on any atom is -0.240 e. The second kappa shape index (κ2) is 5.90. The molecule has 0 bridgehead atoms. The van der Waals surface area contributed by atoms with E-state index in [1.807, 2.05) is 52.5 Å². The molecule has 4 nitrogen and oxygen atoms in total. The quantitative estimate of drug-likeness (QED) is 0.814. The minimum atomic E-state index is 0.0562. The number of aryl methyl sites for hydroxylation is 1. The van der Waals surface area contributed by atoms with Crippen LogP contribution in [0.25, 0.3) is 5.65 Å². The third-order valence-electron chi connectivity index (χ3n) is 3.23. The van der Waals surface area contributed by atoms with E-state index in [2.05, 4.69) is 6.07 Å². The summed E-state index contributed by atoms with van der Waals surface area (Å²) in [4.78, 5) is 12.6. The molecule has 0 unspecified atom stereocenters. The number of rotatable bonds is 3. The molecule has 0 aliphatic carbocycles. The Morgan fingerprint density at radius 1 is 1.40 bits per heavy atom. The van der Waals surface area contributed by atoms with Gasteiger partial charge in [-0.3, -0.25) is 0 Å². The van der Waals surface area contributed by atoms with Crippen LogP contribution >= 0.6 is 23.5 Å². The predicted molar refractivity (Wildman–Crippen MR) is 81.7 cm³/mol. The van der Waals surface area contributed by atoms with Gasteiger partial charge in [0.05, 0.1) is 23.3 Å². The largest absolute Gasteiger partial charge is 0.347 e. The van der Waals surface area contributed by atoms with E-state index in [1.165, 1.54) is 0 Å². The van der Waals surface area contributed by atoms with Crippen LogP contribution in [0.1, 0.15) is 16.6 Å². The molecule has 3 rings (SSSR count). The second-order valence-corrected chi connectivity index (χ2v) is 7.22. The van der Waals surface area contributed by atoms with Gasteiger partial charge in [0.2, 0.25) is 0 Å². The van der Waals surface area contributed by atoms with Crippen molar-refractivity contribution in [2.24, 2.45) is 0 Å². The Hall–Kier alpha value is -1.45. The number of hydrogen-bond donors (Lipinski definition) is 0. The fourth-order valence-electron chi connectivity index (χ4n) is 2.32. The van der Waals surface area contributed by atoms with Crippen molar-refractivity contribution in [2.75, 3.05) is 11.5 Å². The van der Waals surface area contributed by atoms with Crippen LogP contribution in [0.4, 0.5) is 0 Å². The first kappa shape index (κ1) is 13.5. The highest BCUT2D eigenvalue weighted by molar-refractivity contribution is 8.19. The van der Waals surface area contributed by atoms with Gasteiger partial charge in [0.1, 0.15) is 18.3 Å². The molecule has 0 saturated carbocycles. The lowest BCUT2D eigenvalue weighted by Crippen LogP contribution is -2.41. The Morgan fingerprint density at radius 2 is 2.20 bits per heavy atom. The lowest BCUT2D eigenvalue weighted by Gasteiger charge is -2.09. The Kier molecular flexibility index (Phi) is 3.99. The van der Waals surface area contributed by atoms with E-state index in [-0.39, 0.29) is 10.1 Å². The van der Waals surface area contributed by atoms with Gasteiger partial charge in [0.15, 0.2) is 0 Å². The molecule has 1 aliphatic rings. The number of hydrogen-bond acceptors (Lipinski definition) is 4. The first-order valence-electron chi connectivity index (χ1n) is 6.45. The summed E-state index contributed by atoms with van der Waals surface area (Å²) in [5, 5.41) is 8.79. The number of thioether (sulfide) groups is 2. The molecule has 1 saturated heterocycles. The number of fused-ring (bicyclic) bond motifs is 1. The van der Waals surface area contributed by atoms with E-state index in [0.29, 0.717) is 13.0 Å². The van der Waals surface area contributed by atoms with E-state index in [4.69, 9.17) is 5.26 Å². The third kappa shape index (κ3) is 2.43. The smallest absolute Gasteiger partial charge is 0.240 e. The number of aromatic nitrogens is 2. The summed E-state index contributed by atoms with van der Waals surface area (Å²) in [6, 6.07) is 7.86. The average molecular weight is 304 g/mol. The summed E-state index contributed by atoms with van der Waals surface area (Å²) in [7, 11) is 0. The van der Waals surface area contributed by atoms with Crippen LogP contribution in [0.15, 0.2) is 35.4 Å². The molecule has 0 aromatic carbocycles. The van der Waals surface area contributed by atoms with Crippen LogP contribution in [0.3, 0.4) is 0 Å². The van der Waals surface area contributed by atoms with Crippen molar-refractivity contribution in [3.63, 3.8) is 0 Å². The molecule has 0 N–H and O–H groups in total. The summed E-state index contributed by atoms with van der Waals surface area (Å²) >= 11 is 3.64. The third-order valence-corrected chi connectivity index (χ3v) is 6.30. The van der Waals surface area contributed by atoms with Crippen molar-refractivity contribution in [3.8, 4) is 6.07 Å². The van der Waals surface area contributed by atoms with Gasteiger partial charge in [0, 0.05) is 17.6 Å². The van der Waals surface area contributed by atoms with Crippen LogP contribution in [0.2, 0.25) is 0 Å². The standard InChI is InChI=1S/C14H14N3OS2/c15-5-3-6-16-10-11(14-19-8-9-20-14)13(18)17-7-2-1-4-12(16)17/h1-2,4,7,10,14H,3,6,8-9H2/q+1. The number of nitrogens with zero attached hydrogens (tertiary/aromatic N) is 3. The molecular formula is C14H14N3OS2+. The van der Waals surface area contributed by atoms with Crippen LogP contribution in [-0.2, 0) is 6.54 Å². The molecule has 0 radical (unpaired) electrons. The summed E-state index contributed by atoms with van der Waals surface area (Å²) < 4.78 is 3.92. The Balaban J connectivity index is 2.18. The van der Waals surface area contributed by atoms with Crippen molar-refractivity contribution in [1.29, 1.82) is 5.26 Å². The zero-order valence-corrected chi connectivity index (χ0v) is 12.5. The molecule has 0 atom stereocenters. The van der Waals surface area contributed by atoms with Crippen molar-refractivity contribution < 1.29 is 4.57 Å². The van der Waals surface area contributed by atoms with Crippen LogP contribution in [0.5, 0.6) is 0 Å². The Morgan fingerprint density at radius 3 is 2.95 bits per heavy atom. The molecule has 2 aromatic heterocycles. The van der Waals surface area contributed by atoms with Gasteiger partial charge in [0.25, 0.3) is 5.65 Å². The van der Waals surface area contributed by atoms with Gasteiger partial charge in [-0.2, -0.15) is 9.66 Å². The van der Waals surface area contributed by atoms with E-state index in [1.54, 1.807) is 10.6 Å². The van der Waals surface area contributed by atoms with Crippen LogP contribution in [0, 0.1) is 11.3 Å². The molecule has 0 amide bonds. The fraction of sp³-hybridized carbons (Fsp3) is 0.357. The summed E-state index contributed by atoms with van der Waals surface area (Å²) in [5.41, 5.74) is 1.73. The lowest BCUT2D eigenvalue weighted by molar-refractivity contribution is -0.674. The number of nitriles is 1. The van der Waals surface area contributed by atoms with E-state index in [0.717, 1.165) is 22.7 Å². The van der Waals surface area contributed by atoms with Gasteiger partial charge in [-0.25, -0.2) is 9.36 Å². The fourth-order valence-corrected chi connectivity index (χ4v) is 5.16. The summed E-state index contributed by atoms with van der Waals surface area (Å²) in [5.74, 6) is 2.18. The van der Waals surface area contributed by atoms with E-state index < -0.39 is 0 Å². The maximum atomic E-state index is 12.6. The average Bonchev–Trinajstić information content (AvgIpc) is 3.01. The van der Waals surface area contributed by atoms with E-state index >= 15 is 0 Å². The highest BCUT2D eigenvalue weighted by atomic mass is 32.2. The molecule has 6 heteroatoms. The van der Waals surface area contributed by atoms with Crippen molar-refractivity contribution in [3.05, 3.63) is 46.5 Å². The molecule has 2 aromatic rings. The zero-order chi connectivity index (χ0) is 13.9. The molecular weight excluding hydrogens is 290 g/mol. The van der Waals surface area contributed by atoms with Crippen molar-refractivity contribution >= 4 is 29.2 Å². The SMILES string of the molecule is N#CCC[n+]1cc(C2SCCS2)c(=O)n2ccccc21.